The molecular formula is C18H24N2O. The van der Waals surface area contributed by atoms with Gasteiger partial charge in [-0.05, 0) is 44.9 Å². The molecule has 1 unspecified atom stereocenters. The molecule has 1 atom stereocenters. The van der Waals surface area contributed by atoms with Crippen molar-refractivity contribution in [3.63, 3.8) is 0 Å². The van der Waals surface area contributed by atoms with Gasteiger partial charge in [0, 0.05) is 34.7 Å². The Kier molecular flexibility index (Phi) is 4.11. The molecule has 1 aliphatic heterocycles. The first kappa shape index (κ1) is 14.3. The Morgan fingerprint density at radius 1 is 1.29 bits per heavy atom. The molecule has 1 N–H and O–H groups in total. The van der Waals surface area contributed by atoms with E-state index in [0.29, 0.717) is 6.04 Å². The SMILES string of the molecule is CCC1CCCCN1Cc1c(C)[nH]c2ccccc2c1=O. The molecule has 1 aromatic carbocycles. The third-order valence-electron chi connectivity index (χ3n) is 4.80. The van der Waals surface area contributed by atoms with E-state index in [4.69, 9.17) is 0 Å². The number of nitrogens with zero attached hydrogens (tertiary/aromatic N) is 1. The lowest BCUT2D eigenvalue weighted by Gasteiger charge is -2.35. The second-order valence-corrected chi connectivity index (χ2v) is 6.13. The number of aromatic nitrogens is 1. The Hall–Kier alpha value is -1.61. The lowest BCUT2D eigenvalue weighted by molar-refractivity contribution is 0.135. The van der Waals surface area contributed by atoms with E-state index in [1.807, 2.05) is 31.2 Å². The standard InChI is InChI=1S/C18H24N2O/c1-3-14-8-6-7-11-20(14)12-16-13(2)19-17-10-5-4-9-15(17)18(16)21/h4-5,9-10,14H,3,6-8,11-12H2,1-2H3,(H,19,21). The summed E-state index contributed by atoms with van der Waals surface area (Å²) in [6, 6.07) is 8.43. The first-order valence-corrected chi connectivity index (χ1v) is 8.05. The highest BCUT2D eigenvalue weighted by Crippen LogP contribution is 2.22. The third-order valence-corrected chi connectivity index (χ3v) is 4.80. The fourth-order valence-electron chi connectivity index (χ4n) is 3.52. The number of aromatic amines is 1. The van der Waals surface area contributed by atoms with E-state index in [-0.39, 0.29) is 5.43 Å². The monoisotopic (exact) mass is 284 g/mol. The Morgan fingerprint density at radius 2 is 2.10 bits per heavy atom. The molecule has 0 amide bonds. The van der Waals surface area contributed by atoms with Crippen molar-refractivity contribution in [1.82, 2.24) is 9.88 Å². The van der Waals surface area contributed by atoms with Crippen LogP contribution in [0.15, 0.2) is 29.1 Å². The van der Waals surface area contributed by atoms with Crippen molar-refractivity contribution in [2.75, 3.05) is 6.54 Å². The van der Waals surface area contributed by atoms with E-state index in [1.165, 1.54) is 25.7 Å². The summed E-state index contributed by atoms with van der Waals surface area (Å²) in [7, 11) is 0. The maximum absolute atomic E-state index is 12.8. The Morgan fingerprint density at radius 3 is 2.90 bits per heavy atom. The predicted octanol–water partition coefficient (Wildman–Crippen LogP) is 3.60. The van der Waals surface area contributed by atoms with Gasteiger partial charge in [0.25, 0.3) is 0 Å². The smallest absolute Gasteiger partial charge is 0.194 e. The van der Waals surface area contributed by atoms with Crippen LogP contribution in [-0.2, 0) is 6.54 Å². The van der Waals surface area contributed by atoms with E-state index in [2.05, 4.69) is 16.8 Å². The zero-order chi connectivity index (χ0) is 14.8. The van der Waals surface area contributed by atoms with E-state index in [1.54, 1.807) is 0 Å². The topological polar surface area (TPSA) is 36.1 Å². The zero-order valence-electron chi connectivity index (χ0n) is 13.0. The Labute approximate surface area is 126 Å². The molecule has 0 bridgehead atoms. The van der Waals surface area contributed by atoms with Crippen LogP contribution in [-0.4, -0.2) is 22.5 Å². The molecular weight excluding hydrogens is 260 g/mol. The van der Waals surface area contributed by atoms with Gasteiger partial charge in [-0.2, -0.15) is 0 Å². The van der Waals surface area contributed by atoms with Crippen molar-refractivity contribution in [2.45, 2.75) is 52.1 Å². The van der Waals surface area contributed by atoms with Crippen LogP contribution in [0.3, 0.4) is 0 Å². The molecule has 0 aliphatic carbocycles. The van der Waals surface area contributed by atoms with Crippen LogP contribution in [0, 0.1) is 6.92 Å². The summed E-state index contributed by atoms with van der Waals surface area (Å²) in [4.78, 5) is 18.7. The molecule has 21 heavy (non-hydrogen) atoms. The fraction of sp³-hybridized carbons (Fsp3) is 0.500. The van der Waals surface area contributed by atoms with Gasteiger partial charge in [-0.3, -0.25) is 9.69 Å². The normalized spacial score (nSPS) is 20.0. The molecule has 1 saturated heterocycles. The van der Waals surface area contributed by atoms with Crippen molar-refractivity contribution >= 4 is 10.9 Å². The summed E-state index contributed by atoms with van der Waals surface area (Å²) in [6.45, 7) is 6.17. The molecule has 1 aliphatic rings. The van der Waals surface area contributed by atoms with Gasteiger partial charge in [0.05, 0.1) is 0 Å². The zero-order valence-corrected chi connectivity index (χ0v) is 13.0. The van der Waals surface area contributed by atoms with E-state index in [9.17, 15) is 4.79 Å². The molecule has 0 spiro atoms. The molecule has 3 heteroatoms. The number of aryl methyl sites for hydroxylation is 1. The number of nitrogens with one attached hydrogen (secondary N) is 1. The number of piperidine rings is 1. The maximum Gasteiger partial charge on any atom is 0.194 e. The molecule has 112 valence electrons. The van der Waals surface area contributed by atoms with Crippen LogP contribution in [0.2, 0.25) is 0 Å². The molecule has 0 saturated carbocycles. The van der Waals surface area contributed by atoms with Crippen LogP contribution in [0.5, 0.6) is 0 Å². The van der Waals surface area contributed by atoms with Crippen molar-refractivity contribution in [3.05, 3.63) is 45.7 Å². The summed E-state index contributed by atoms with van der Waals surface area (Å²) < 4.78 is 0. The largest absolute Gasteiger partial charge is 0.358 e. The van der Waals surface area contributed by atoms with Crippen molar-refractivity contribution < 1.29 is 0 Å². The van der Waals surface area contributed by atoms with Crippen molar-refractivity contribution in [3.8, 4) is 0 Å². The summed E-state index contributed by atoms with van der Waals surface area (Å²) in [5.74, 6) is 0. The van der Waals surface area contributed by atoms with Crippen molar-refractivity contribution in [1.29, 1.82) is 0 Å². The Bertz CT molecular complexity index is 689. The van der Waals surface area contributed by atoms with Gasteiger partial charge >= 0.3 is 0 Å². The van der Waals surface area contributed by atoms with Crippen LogP contribution < -0.4 is 5.43 Å². The van der Waals surface area contributed by atoms with Gasteiger partial charge in [-0.25, -0.2) is 0 Å². The van der Waals surface area contributed by atoms with Crippen molar-refractivity contribution in [2.24, 2.45) is 0 Å². The number of fused-ring (bicyclic) bond motifs is 1. The molecule has 3 rings (SSSR count). The number of hydrogen-bond acceptors (Lipinski definition) is 2. The number of pyridine rings is 1. The van der Waals surface area contributed by atoms with Crippen LogP contribution in [0.1, 0.15) is 43.9 Å². The first-order valence-electron chi connectivity index (χ1n) is 8.05. The highest BCUT2D eigenvalue weighted by molar-refractivity contribution is 5.79. The predicted molar refractivity (Wildman–Crippen MR) is 87.6 cm³/mol. The Balaban J connectivity index is 1.98. The van der Waals surface area contributed by atoms with Gasteiger partial charge in [-0.15, -0.1) is 0 Å². The molecule has 1 fully saturated rings. The molecule has 1 aromatic heterocycles. The average Bonchev–Trinajstić information content (AvgIpc) is 2.52. The number of para-hydroxylation sites is 1. The minimum atomic E-state index is 0.197. The quantitative estimate of drug-likeness (QED) is 0.935. The van der Waals surface area contributed by atoms with Crippen LogP contribution >= 0.6 is 0 Å². The van der Waals surface area contributed by atoms with E-state index < -0.39 is 0 Å². The lowest BCUT2D eigenvalue weighted by atomic mass is 9.98. The number of rotatable bonds is 3. The molecule has 3 nitrogen and oxygen atoms in total. The first-order chi connectivity index (χ1) is 10.2. The lowest BCUT2D eigenvalue weighted by Crippen LogP contribution is -2.39. The molecule has 0 radical (unpaired) electrons. The minimum absolute atomic E-state index is 0.197. The van der Waals surface area contributed by atoms with Gasteiger partial charge in [-0.1, -0.05) is 25.5 Å². The fourth-order valence-corrected chi connectivity index (χ4v) is 3.52. The van der Waals surface area contributed by atoms with Gasteiger partial charge in [0.1, 0.15) is 0 Å². The highest BCUT2D eigenvalue weighted by Gasteiger charge is 2.22. The third kappa shape index (κ3) is 2.75. The van der Waals surface area contributed by atoms with Gasteiger partial charge in [0.2, 0.25) is 0 Å². The van der Waals surface area contributed by atoms with Gasteiger partial charge < -0.3 is 4.98 Å². The summed E-state index contributed by atoms with van der Waals surface area (Å²) in [6.07, 6.45) is 5.01. The highest BCUT2D eigenvalue weighted by atomic mass is 16.1. The van der Waals surface area contributed by atoms with Crippen LogP contribution in [0.25, 0.3) is 10.9 Å². The molecule has 2 heterocycles. The second kappa shape index (κ2) is 6.02. The summed E-state index contributed by atoms with van der Waals surface area (Å²) in [5, 5.41) is 0.808. The maximum atomic E-state index is 12.8. The van der Waals surface area contributed by atoms with E-state index >= 15 is 0 Å². The van der Waals surface area contributed by atoms with E-state index in [0.717, 1.165) is 35.2 Å². The summed E-state index contributed by atoms with van der Waals surface area (Å²) in [5.41, 5.74) is 3.09. The van der Waals surface area contributed by atoms with Crippen LogP contribution in [0.4, 0.5) is 0 Å². The summed E-state index contributed by atoms with van der Waals surface area (Å²) >= 11 is 0. The van der Waals surface area contributed by atoms with Gasteiger partial charge in [0.15, 0.2) is 5.43 Å². The number of H-pyrrole nitrogens is 1. The minimum Gasteiger partial charge on any atom is -0.358 e. The average molecular weight is 284 g/mol. The number of likely N-dealkylation sites (tertiary alicyclic amines) is 1. The number of benzene rings is 1. The second-order valence-electron chi connectivity index (χ2n) is 6.13. The number of hydrogen-bond donors (Lipinski definition) is 1. The molecule has 2 aromatic rings.